The Morgan fingerprint density at radius 1 is 1.75 bits per heavy atom. The molecule has 0 fully saturated rings. The van der Waals surface area contributed by atoms with Crippen molar-refractivity contribution in [1.82, 2.24) is 9.88 Å². The molecular weight excluding hydrogens is 222 g/mol. The summed E-state index contributed by atoms with van der Waals surface area (Å²) in [4.78, 5) is 17.7. The number of carbonyl (C=O) groups excluding carboxylic acids is 1. The van der Waals surface area contributed by atoms with Gasteiger partial charge in [-0.05, 0) is 13.8 Å². The Balaban J connectivity index is 2.76. The fraction of sp³-hybridized carbons (Fsp3) is 0.455. The zero-order chi connectivity index (χ0) is 12.3. The minimum Gasteiger partial charge on any atom is -0.336 e. The van der Waals surface area contributed by atoms with Crippen LogP contribution in [-0.4, -0.2) is 29.4 Å². The molecule has 1 aromatic heterocycles. The molecule has 0 aromatic carbocycles. The number of thiazole rings is 1. The van der Waals surface area contributed by atoms with Crippen LogP contribution in [0.3, 0.4) is 0 Å². The molecule has 1 atom stereocenters. The smallest absolute Gasteiger partial charge is 0.273 e. The van der Waals surface area contributed by atoms with Gasteiger partial charge in [-0.2, -0.15) is 0 Å². The molecule has 0 saturated heterocycles. The summed E-state index contributed by atoms with van der Waals surface area (Å²) in [5, 5.41) is 2.53. The van der Waals surface area contributed by atoms with E-state index in [1.807, 2.05) is 13.8 Å². The standard InChI is InChI=1S/C11H17N3OS/c1-7(2)5-14(4)11(15)9-6-16-10(13-9)8(3)12/h6,8H,1,5,12H2,2-4H3. The predicted octanol–water partition coefficient (Wildman–Crippen LogP) is 1.81. The molecule has 2 N–H and O–H groups in total. The number of likely N-dealkylation sites (N-methyl/N-ethyl adjacent to an activating group) is 1. The zero-order valence-corrected chi connectivity index (χ0v) is 10.7. The van der Waals surface area contributed by atoms with Crippen LogP contribution in [0.4, 0.5) is 0 Å². The second kappa shape index (κ2) is 5.23. The summed E-state index contributed by atoms with van der Waals surface area (Å²) in [7, 11) is 1.74. The molecular formula is C11H17N3OS. The van der Waals surface area contributed by atoms with Gasteiger partial charge in [0.05, 0.1) is 6.04 Å². The van der Waals surface area contributed by atoms with Gasteiger partial charge in [0.2, 0.25) is 0 Å². The van der Waals surface area contributed by atoms with Crippen LogP contribution in [0.5, 0.6) is 0 Å². The Kier molecular flexibility index (Phi) is 4.20. The van der Waals surface area contributed by atoms with Gasteiger partial charge in [0.25, 0.3) is 5.91 Å². The van der Waals surface area contributed by atoms with Crippen molar-refractivity contribution in [1.29, 1.82) is 0 Å². The van der Waals surface area contributed by atoms with Crippen molar-refractivity contribution in [2.75, 3.05) is 13.6 Å². The molecule has 1 unspecified atom stereocenters. The highest BCUT2D eigenvalue weighted by atomic mass is 32.1. The molecule has 0 aliphatic heterocycles. The van der Waals surface area contributed by atoms with Crippen molar-refractivity contribution < 1.29 is 4.79 Å². The molecule has 1 rings (SSSR count). The minimum atomic E-state index is -0.127. The predicted molar refractivity (Wildman–Crippen MR) is 66.5 cm³/mol. The molecule has 0 bridgehead atoms. The maximum absolute atomic E-state index is 11.9. The van der Waals surface area contributed by atoms with Gasteiger partial charge >= 0.3 is 0 Å². The average Bonchev–Trinajstić information content (AvgIpc) is 2.64. The van der Waals surface area contributed by atoms with Crippen LogP contribution in [0.2, 0.25) is 0 Å². The van der Waals surface area contributed by atoms with Crippen molar-refractivity contribution in [2.24, 2.45) is 5.73 Å². The molecule has 1 amide bonds. The van der Waals surface area contributed by atoms with Crippen LogP contribution in [0.15, 0.2) is 17.5 Å². The topological polar surface area (TPSA) is 59.2 Å². The van der Waals surface area contributed by atoms with E-state index in [0.717, 1.165) is 10.6 Å². The molecule has 0 aliphatic rings. The van der Waals surface area contributed by atoms with Crippen LogP contribution >= 0.6 is 11.3 Å². The van der Waals surface area contributed by atoms with Gasteiger partial charge in [0, 0.05) is 19.0 Å². The van der Waals surface area contributed by atoms with Crippen LogP contribution in [0.25, 0.3) is 0 Å². The molecule has 0 aliphatic carbocycles. The highest BCUT2D eigenvalue weighted by molar-refractivity contribution is 7.09. The SMILES string of the molecule is C=C(C)CN(C)C(=O)c1csc(C(C)N)n1. The molecule has 0 spiro atoms. The van der Waals surface area contributed by atoms with Gasteiger partial charge in [-0.3, -0.25) is 4.79 Å². The molecule has 0 radical (unpaired) electrons. The van der Waals surface area contributed by atoms with Crippen LogP contribution < -0.4 is 5.73 Å². The van der Waals surface area contributed by atoms with E-state index in [4.69, 9.17) is 5.73 Å². The second-order valence-electron chi connectivity index (χ2n) is 3.98. The van der Waals surface area contributed by atoms with E-state index < -0.39 is 0 Å². The van der Waals surface area contributed by atoms with Gasteiger partial charge in [0.15, 0.2) is 0 Å². The molecule has 16 heavy (non-hydrogen) atoms. The summed E-state index contributed by atoms with van der Waals surface area (Å²) in [6.07, 6.45) is 0. The van der Waals surface area contributed by atoms with E-state index in [-0.39, 0.29) is 11.9 Å². The number of hydrogen-bond acceptors (Lipinski definition) is 4. The Bertz CT molecular complexity index is 398. The van der Waals surface area contributed by atoms with Gasteiger partial charge in [-0.25, -0.2) is 4.98 Å². The molecule has 5 heteroatoms. The maximum atomic E-state index is 11.9. The highest BCUT2D eigenvalue weighted by Crippen LogP contribution is 2.16. The number of aromatic nitrogens is 1. The first-order chi connectivity index (χ1) is 7.41. The van der Waals surface area contributed by atoms with E-state index in [0.29, 0.717) is 12.2 Å². The molecule has 88 valence electrons. The lowest BCUT2D eigenvalue weighted by Gasteiger charge is -2.15. The van der Waals surface area contributed by atoms with E-state index in [1.54, 1.807) is 17.3 Å². The molecule has 4 nitrogen and oxygen atoms in total. The summed E-state index contributed by atoms with van der Waals surface area (Å²) in [5.41, 5.74) is 7.10. The third kappa shape index (κ3) is 3.15. The lowest BCUT2D eigenvalue weighted by atomic mass is 10.3. The number of rotatable bonds is 4. The first-order valence-electron chi connectivity index (χ1n) is 5.02. The van der Waals surface area contributed by atoms with Crippen LogP contribution in [0.1, 0.15) is 35.4 Å². The summed E-state index contributed by atoms with van der Waals surface area (Å²) < 4.78 is 0. The summed E-state index contributed by atoms with van der Waals surface area (Å²) >= 11 is 1.42. The quantitative estimate of drug-likeness (QED) is 0.815. The second-order valence-corrected chi connectivity index (χ2v) is 4.87. The number of carbonyl (C=O) groups is 1. The van der Waals surface area contributed by atoms with Gasteiger partial charge in [-0.15, -0.1) is 11.3 Å². The molecule has 0 saturated carbocycles. The number of hydrogen-bond donors (Lipinski definition) is 1. The monoisotopic (exact) mass is 239 g/mol. The number of nitrogens with zero attached hydrogens (tertiary/aromatic N) is 2. The number of nitrogens with two attached hydrogens (primary N) is 1. The van der Waals surface area contributed by atoms with Crippen LogP contribution in [0, 0.1) is 0 Å². The Morgan fingerprint density at radius 2 is 2.38 bits per heavy atom. The normalized spacial score (nSPS) is 12.2. The fourth-order valence-corrected chi connectivity index (χ4v) is 2.02. The largest absolute Gasteiger partial charge is 0.336 e. The van der Waals surface area contributed by atoms with Crippen molar-refractivity contribution in [3.63, 3.8) is 0 Å². The highest BCUT2D eigenvalue weighted by Gasteiger charge is 2.16. The Labute approximate surface area is 99.8 Å². The summed E-state index contributed by atoms with van der Waals surface area (Å²) in [6, 6.07) is -0.127. The average molecular weight is 239 g/mol. The van der Waals surface area contributed by atoms with Gasteiger partial charge in [-0.1, -0.05) is 12.2 Å². The van der Waals surface area contributed by atoms with Crippen molar-refractivity contribution in [3.8, 4) is 0 Å². The van der Waals surface area contributed by atoms with Gasteiger partial charge in [0.1, 0.15) is 10.7 Å². The Morgan fingerprint density at radius 3 is 2.81 bits per heavy atom. The lowest BCUT2D eigenvalue weighted by Crippen LogP contribution is -2.28. The third-order valence-corrected chi connectivity index (χ3v) is 3.03. The zero-order valence-electron chi connectivity index (χ0n) is 9.86. The van der Waals surface area contributed by atoms with E-state index in [9.17, 15) is 4.79 Å². The van der Waals surface area contributed by atoms with Crippen molar-refractivity contribution in [2.45, 2.75) is 19.9 Å². The van der Waals surface area contributed by atoms with E-state index in [2.05, 4.69) is 11.6 Å². The van der Waals surface area contributed by atoms with E-state index in [1.165, 1.54) is 11.3 Å². The first-order valence-corrected chi connectivity index (χ1v) is 5.90. The Hall–Kier alpha value is -1.20. The van der Waals surface area contributed by atoms with Crippen molar-refractivity contribution >= 4 is 17.2 Å². The van der Waals surface area contributed by atoms with Crippen molar-refractivity contribution in [3.05, 3.63) is 28.2 Å². The minimum absolute atomic E-state index is 0.0915. The fourth-order valence-electron chi connectivity index (χ4n) is 1.27. The summed E-state index contributed by atoms with van der Waals surface area (Å²) in [6.45, 7) is 8.06. The molecule has 1 aromatic rings. The van der Waals surface area contributed by atoms with E-state index >= 15 is 0 Å². The van der Waals surface area contributed by atoms with Crippen LogP contribution in [-0.2, 0) is 0 Å². The van der Waals surface area contributed by atoms with Gasteiger partial charge < -0.3 is 10.6 Å². The lowest BCUT2D eigenvalue weighted by molar-refractivity contribution is 0.0802. The summed E-state index contributed by atoms with van der Waals surface area (Å²) in [5.74, 6) is -0.0915. The molecule has 1 heterocycles. The third-order valence-electron chi connectivity index (χ3n) is 1.98. The maximum Gasteiger partial charge on any atom is 0.273 e. The number of amides is 1. The first kappa shape index (κ1) is 12.9.